The number of thiophene rings is 1. The highest BCUT2D eigenvalue weighted by molar-refractivity contribution is 7.17. The van der Waals surface area contributed by atoms with Crippen molar-refractivity contribution in [3.05, 3.63) is 62.0 Å². The fourth-order valence-corrected chi connectivity index (χ4v) is 5.12. The number of benzene rings is 1. The number of nitrogens with one attached hydrogen (secondary N) is 1. The summed E-state index contributed by atoms with van der Waals surface area (Å²) >= 11 is 1.43. The molecule has 1 aliphatic rings. The standard InChI is InChI=1S/C23H26N2O5S/c1-23(2,3)15-9-10-17-18(13-15)31-21(20(17)22(27)30-4)24-19(26)11-8-14-6-5-7-16(12-14)25(28)29/h5-8,11-12,15H,9-10,13H2,1-4H3,(H,24,26)/b11-8+/t15-/m0/s1. The van der Waals surface area contributed by atoms with Crippen LogP contribution in [0.2, 0.25) is 0 Å². The molecule has 1 N–H and O–H groups in total. The first-order valence-electron chi connectivity index (χ1n) is 10.1. The zero-order chi connectivity index (χ0) is 22.8. The van der Waals surface area contributed by atoms with Crippen molar-refractivity contribution in [2.24, 2.45) is 11.3 Å². The topological polar surface area (TPSA) is 98.5 Å². The normalized spacial score (nSPS) is 16.1. The van der Waals surface area contributed by atoms with Crippen LogP contribution < -0.4 is 5.32 Å². The zero-order valence-electron chi connectivity index (χ0n) is 18.1. The lowest BCUT2D eigenvalue weighted by atomic mass is 9.72. The molecule has 0 unspecified atom stereocenters. The Kier molecular flexibility index (Phi) is 6.59. The third kappa shape index (κ3) is 5.19. The van der Waals surface area contributed by atoms with E-state index in [0.717, 1.165) is 29.7 Å². The molecule has 1 aromatic heterocycles. The number of carbonyl (C=O) groups is 2. The number of methoxy groups -OCH3 is 1. The van der Waals surface area contributed by atoms with Gasteiger partial charge < -0.3 is 10.1 Å². The number of non-ortho nitro benzene ring substituents is 1. The number of ether oxygens (including phenoxy) is 1. The van der Waals surface area contributed by atoms with E-state index in [1.54, 1.807) is 12.1 Å². The van der Waals surface area contributed by atoms with Crippen molar-refractivity contribution in [1.82, 2.24) is 0 Å². The van der Waals surface area contributed by atoms with Crippen LogP contribution in [0.25, 0.3) is 6.08 Å². The van der Waals surface area contributed by atoms with Crippen LogP contribution in [0.3, 0.4) is 0 Å². The molecule has 8 heteroatoms. The molecule has 1 atom stereocenters. The lowest BCUT2D eigenvalue weighted by molar-refractivity contribution is -0.384. The minimum atomic E-state index is -0.485. The third-order valence-electron chi connectivity index (χ3n) is 5.62. The van der Waals surface area contributed by atoms with Crippen molar-refractivity contribution in [1.29, 1.82) is 0 Å². The number of hydrogen-bond donors (Lipinski definition) is 1. The van der Waals surface area contributed by atoms with Crippen LogP contribution in [0.4, 0.5) is 10.7 Å². The van der Waals surface area contributed by atoms with Gasteiger partial charge in [0, 0.05) is 23.1 Å². The van der Waals surface area contributed by atoms with Crippen molar-refractivity contribution in [2.75, 3.05) is 12.4 Å². The fourth-order valence-electron chi connectivity index (χ4n) is 3.80. The number of anilines is 1. The van der Waals surface area contributed by atoms with Gasteiger partial charge >= 0.3 is 5.97 Å². The molecule has 0 bridgehead atoms. The molecule has 7 nitrogen and oxygen atoms in total. The summed E-state index contributed by atoms with van der Waals surface area (Å²) in [5, 5.41) is 14.2. The predicted octanol–water partition coefficient (Wildman–Crippen LogP) is 5.25. The van der Waals surface area contributed by atoms with Crippen LogP contribution >= 0.6 is 11.3 Å². The minimum Gasteiger partial charge on any atom is -0.465 e. The third-order valence-corrected chi connectivity index (χ3v) is 6.79. The largest absolute Gasteiger partial charge is 0.465 e. The highest BCUT2D eigenvalue weighted by atomic mass is 32.1. The Bertz CT molecular complexity index is 1050. The quantitative estimate of drug-likeness (QED) is 0.295. The maximum absolute atomic E-state index is 12.5. The SMILES string of the molecule is COC(=O)c1c(NC(=O)/C=C/c2cccc([N+](=O)[O-])c2)sc2c1CC[C@H](C(C)(C)C)C2. The molecule has 2 aromatic rings. The molecular formula is C23H26N2O5S. The van der Waals surface area contributed by atoms with Crippen molar-refractivity contribution in [3.8, 4) is 0 Å². The predicted molar refractivity (Wildman–Crippen MR) is 121 cm³/mol. The van der Waals surface area contributed by atoms with E-state index in [9.17, 15) is 19.7 Å². The van der Waals surface area contributed by atoms with Gasteiger partial charge in [-0.3, -0.25) is 14.9 Å². The van der Waals surface area contributed by atoms with Crippen molar-refractivity contribution in [3.63, 3.8) is 0 Å². The van der Waals surface area contributed by atoms with Gasteiger partial charge in [-0.2, -0.15) is 0 Å². The molecule has 1 aromatic carbocycles. The number of nitrogens with zero attached hydrogens (tertiary/aromatic N) is 1. The Morgan fingerprint density at radius 2 is 2.06 bits per heavy atom. The van der Waals surface area contributed by atoms with Gasteiger partial charge in [-0.25, -0.2) is 4.79 Å². The number of rotatable bonds is 5. The first kappa shape index (κ1) is 22.7. The highest BCUT2D eigenvalue weighted by Gasteiger charge is 2.34. The molecule has 0 saturated heterocycles. The lowest BCUT2D eigenvalue weighted by Crippen LogP contribution is -2.26. The zero-order valence-corrected chi connectivity index (χ0v) is 18.9. The van der Waals surface area contributed by atoms with E-state index in [-0.39, 0.29) is 11.1 Å². The van der Waals surface area contributed by atoms with Crippen LogP contribution in [0, 0.1) is 21.4 Å². The van der Waals surface area contributed by atoms with Crippen LogP contribution in [0.15, 0.2) is 30.3 Å². The number of amides is 1. The van der Waals surface area contributed by atoms with Gasteiger partial charge in [0.05, 0.1) is 17.6 Å². The van der Waals surface area contributed by atoms with E-state index in [1.165, 1.54) is 42.7 Å². The molecule has 1 aliphatic carbocycles. The van der Waals surface area contributed by atoms with E-state index in [1.807, 2.05) is 0 Å². The Morgan fingerprint density at radius 3 is 2.71 bits per heavy atom. The van der Waals surface area contributed by atoms with E-state index >= 15 is 0 Å². The second-order valence-corrected chi connectivity index (χ2v) is 9.79. The van der Waals surface area contributed by atoms with Gasteiger partial charge in [0.25, 0.3) is 5.69 Å². The molecule has 0 aliphatic heterocycles. The summed E-state index contributed by atoms with van der Waals surface area (Å²) in [5.41, 5.74) is 2.06. The Balaban J connectivity index is 1.83. The average molecular weight is 443 g/mol. The van der Waals surface area contributed by atoms with Crippen molar-refractivity contribution in [2.45, 2.75) is 40.0 Å². The second-order valence-electron chi connectivity index (χ2n) is 8.68. The van der Waals surface area contributed by atoms with E-state index < -0.39 is 16.8 Å². The Morgan fingerprint density at radius 1 is 1.32 bits per heavy atom. The molecule has 164 valence electrons. The summed E-state index contributed by atoms with van der Waals surface area (Å²) in [7, 11) is 1.33. The van der Waals surface area contributed by atoms with E-state index in [0.29, 0.717) is 22.0 Å². The number of fused-ring (bicyclic) bond motifs is 1. The van der Waals surface area contributed by atoms with Gasteiger partial charge in [-0.1, -0.05) is 32.9 Å². The first-order chi connectivity index (χ1) is 14.6. The Labute approximate surface area is 185 Å². The summed E-state index contributed by atoms with van der Waals surface area (Å²) in [4.78, 5) is 36.5. The average Bonchev–Trinajstić information content (AvgIpc) is 3.08. The molecule has 1 heterocycles. The van der Waals surface area contributed by atoms with Gasteiger partial charge in [0.2, 0.25) is 5.91 Å². The first-order valence-corrected chi connectivity index (χ1v) is 10.9. The maximum atomic E-state index is 12.5. The van der Waals surface area contributed by atoms with Crippen LogP contribution in [-0.4, -0.2) is 23.9 Å². The van der Waals surface area contributed by atoms with Gasteiger partial charge in [0.1, 0.15) is 5.00 Å². The van der Waals surface area contributed by atoms with Crippen molar-refractivity contribution >= 4 is 40.0 Å². The summed E-state index contributed by atoms with van der Waals surface area (Å²) < 4.78 is 4.98. The van der Waals surface area contributed by atoms with Gasteiger partial charge in [-0.15, -0.1) is 11.3 Å². The molecule has 0 radical (unpaired) electrons. The monoisotopic (exact) mass is 442 g/mol. The summed E-state index contributed by atoms with van der Waals surface area (Å²) in [6, 6.07) is 6.01. The number of esters is 1. The second kappa shape index (κ2) is 9.01. The molecule has 1 amide bonds. The number of nitro benzene ring substituents is 1. The fraction of sp³-hybridized carbons (Fsp3) is 0.391. The summed E-state index contributed by atoms with van der Waals surface area (Å²) in [6.45, 7) is 6.66. The maximum Gasteiger partial charge on any atom is 0.341 e. The molecule has 3 rings (SSSR count). The van der Waals surface area contributed by atoms with Crippen LogP contribution in [0.1, 0.15) is 53.6 Å². The molecule has 0 fully saturated rings. The van der Waals surface area contributed by atoms with Crippen LogP contribution in [0.5, 0.6) is 0 Å². The lowest BCUT2D eigenvalue weighted by Gasteiger charge is -2.33. The van der Waals surface area contributed by atoms with Gasteiger partial charge in [-0.05, 0) is 47.8 Å². The van der Waals surface area contributed by atoms with Gasteiger partial charge in [0.15, 0.2) is 0 Å². The smallest absolute Gasteiger partial charge is 0.341 e. The number of nitro groups is 1. The minimum absolute atomic E-state index is 0.0464. The number of hydrogen-bond acceptors (Lipinski definition) is 6. The Hall–Kier alpha value is -3.00. The summed E-state index contributed by atoms with van der Waals surface area (Å²) in [6.07, 6.45) is 5.43. The molecule has 31 heavy (non-hydrogen) atoms. The number of carbonyl (C=O) groups excluding carboxylic acids is 2. The van der Waals surface area contributed by atoms with Crippen molar-refractivity contribution < 1.29 is 19.2 Å². The summed E-state index contributed by atoms with van der Waals surface area (Å²) in [5.74, 6) is -0.367. The van der Waals surface area contributed by atoms with Crippen LogP contribution in [-0.2, 0) is 22.4 Å². The molecule has 0 saturated carbocycles. The van der Waals surface area contributed by atoms with E-state index in [2.05, 4.69) is 26.1 Å². The molecule has 0 spiro atoms. The van der Waals surface area contributed by atoms with E-state index in [4.69, 9.17) is 4.74 Å². The molecular weight excluding hydrogens is 416 g/mol. The highest BCUT2D eigenvalue weighted by Crippen LogP contribution is 2.44.